The van der Waals surface area contributed by atoms with Gasteiger partial charge in [0, 0.05) is 27.5 Å². The van der Waals surface area contributed by atoms with Gasteiger partial charge >= 0.3 is 5.69 Å². The molecule has 0 radical (unpaired) electrons. The van der Waals surface area contributed by atoms with Crippen molar-refractivity contribution in [2.75, 3.05) is 10.0 Å². The van der Waals surface area contributed by atoms with Gasteiger partial charge in [-0.25, -0.2) is 8.42 Å². The van der Waals surface area contributed by atoms with E-state index in [2.05, 4.69) is 26.0 Å². The Bertz CT molecular complexity index is 1230. The van der Waals surface area contributed by atoms with Crippen LogP contribution in [0.4, 0.5) is 21.5 Å². The third-order valence-electron chi connectivity index (χ3n) is 3.90. The molecule has 30 heavy (non-hydrogen) atoms. The molecule has 0 aliphatic rings. The predicted octanol–water partition coefficient (Wildman–Crippen LogP) is 4.55. The molecule has 0 aliphatic heterocycles. The maximum Gasteiger partial charge on any atom is 0.306 e. The molecule has 0 saturated heterocycles. The van der Waals surface area contributed by atoms with Crippen LogP contribution < -0.4 is 10.0 Å². The van der Waals surface area contributed by atoms with E-state index in [1.54, 1.807) is 24.3 Å². The van der Waals surface area contributed by atoms with E-state index in [9.17, 15) is 27.7 Å². The van der Waals surface area contributed by atoms with Crippen molar-refractivity contribution in [1.29, 1.82) is 0 Å². The largest absolute Gasteiger partial charge is 0.322 e. The standard InChI is InChI=1S/C19H13BrFN3O5S/c20-13-4-6-14(7-5-13)23-30(28,29)16-3-1-2-12(10-16)19(25)22-15-8-9-17(21)18(11-15)24(26)27/h1-11,23H,(H,22,25). The lowest BCUT2D eigenvalue weighted by Gasteiger charge is -2.10. The minimum atomic E-state index is -3.96. The molecule has 2 N–H and O–H groups in total. The number of nitrogens with one attached hydrogen (secondary N) is 2. The zero-order chi connectivity index (χ0) is 21.9. The highest BCUT2D eigenvalue weighted by Gasteiger charge is 2.18. The summed E-state index contributed by atoms with van der Waals surface area (Å²) in [6, 6.07) is 14.6. The Morgan fingerprint density at radius 1 is 1.00 bits per heavy atom. The average Bonchev–Trinajstić information content (AvgIpc) is 2.71. The molecule has 3 aromatic carbocycles. The molecule has 0 spiro atoms. The van der Waals surface area contributed by atoms with Gasteiger partial charge in [0.15, 0.2) is 0 Å². The van der Waals surface area contributed by atoms with Crippen LogP contribution >= 0.6 is 15.9 Å². The number of anilines is 2. The van der Waals surface area contributed by atoms with Crippen molar-refractivity contribution in [3.63, 3.8) is 0 Å². The van der Waals surface area contributed by atoms with Gasteiger partial charge in [0.1, 0.15) is 0 Å². The lowest BCUT2D eigenvalue weighted by atomic mass is 10.2. The summed E-state index contributed by atoms with van der Waals surface area (Å²) in [7, 11) is -3.96. The summed E-state index contributed by atoms with van der Waals surface area (Å²) in [5.41, 5.74) is -0.454. The Balaban J connectivity index is 1.82. The van der Waals surface area contributed by atoms with Crippen LogP contribution in [0.3, 0.4) is 0 Å². The van der Waals surface area contributed by atoms with Gasteiger partial charge in [0.05, 0.1) is 9.82 Å². The van der Waals surface area contributed by atoms with Gasteiger partial charge in [0.25, 0.3) is 15.9 Å². The number of nitro benzene ring substituents is 1. The van der Waals surface area contributed by atoms with E-state index in [-0.39, 0.29) is 16.1 Å². The van der Waals surface area contributed by atoms with Crippen molar-refractivity contribution in [2.45, 2.75) is 4.90 Å². The van der Waals surface area contributed by atoms with E-state index in [4.69, 9.17) is 0 Å². The monoisotopic (exact) mass is 493 g/mol. The van der Waals surface area contributed by atoms with Crippen LogP contribution in [0.25, 0.3) is 0 Å². The van der Waals surface area contributed by atoms with Crippen molar-refractivity contribution in [1.82, 2.24) is 0 Å². The maximum absolute atomic E-state index is 13.4. The van der Waals surface area contributed by atoms with Crippen molar-refractivity contribution in [3.05, 3.63) is 92.7 Å². The highest BCUT2D eigenvalue weighted by Crippen LogP contribution is 2.23. The number of halogens is 2. The van der Waals surface area contributed by atoms with Crippen molar-refractivity contribution < 1.29 is 22.5 Å². The van der Waals surface area contributed by atoms with Crippen molar-refractivity contribution in [2.24, 2.45) is 0 Å². The molecule has 0 unspecified atom stereocenters. The molecule has 0 fully saturated rings. The van der Waals surface area contributed by atoms with Crippen LogP contribution in [0.2, 0.25) is 0 Å². The molecule has 0 heterocycles. The van der Waals surface area contributed by atoms with Crippen LogP contribution in [-0.4, -0.2) is 19.2 Å². The zero-order valence-electron chi connectivity index (χ0n) is 15.0. The van der Waals surface area contributed by atoms with E-state index in [1.165, 1.54) is 18.2 Å². The molecule has 8 nitrogen and oxygen atoms in total. The average molecular weight is 494 g/mol. The van der Waals surface area contributed by atoms with Crippen LogP contribution in [0.1, 0.15) is 10.4 Å². The highest BCUT2D eigenvalue weighted by molar-refractivity contribution is 9.10. The molecule has 3 rings (SSSR count). The number of nitrogens with zero attached hydrogens (tertiary/aromatic N) is 1. The Hall–Kier alpha value is -3.31. The van der Waals surface area contributed by atoms with E-state index < -0.39 is 32.4 Å². The van der Waals surface area contributed by atoms with Crippen molar-refractivity contribution >= 4 is 48.9 Å². The Labute approximate surface area is 179 Å². The summed E-state index contributed by atoms with van der Waals surface area (Å²) in [5, 5.41) is 13.2. The first-order chi connectivity index (χ1) is 14.2. The third-order valence-corrected chi connectivity index (χ3v) is 5.81. The van der Waals surface area contributed by atoms with Gasteiger partial charge in [-0.15, -0.1) is 0 Å². The van der Waals surface area contributed by atoms with Crippen LogP contribution in [0.5, 0.6) is 0 Å². The van der Waals surface area contributed by atoms with E-state index in [0.29, 0.717) is 5.69 Å². The Morgan fingerprint density at radius 3 is 2.33 bits per heavy atom. The minimum Gasteiger partial charge on any atom is -0.322 e. The smallest absolute Gasteiger partial charge is 0.306 e. The number of sulfonamides is 1. The molecule has 1 amide bonds. The van der Waals surface area contributed by atoms with Crippen LogP contribution in [0.15, 0.2) is 76.1 Å². The second-order valence-electron chi connectivity index (χ2n) is 6.02. The number of carbonyl (C=O) groups excluding carboxylic acids is 1. The number of rotatable bonds is 6. The molecule has 0 aliphatic carbocycles. The van der Waals surface area contributed by atoms with E-state index >= 15 is 0 Å². The number of amides is 1. The van der Waals surface area contributed by atoms with Gasteiger partial charge in [-0.2, -0.15) is 4.39 Å². The molecule has 154 valence electrons. The fraction of sp³-hybridized carbons (Fsp3) is 0. The number of nitro groups is 1. The van der Waals surface area contributed by atoms with E-state index in [1.807, 2.05) is 0 Å². The molecule has 0 aromatic heterocycles. The summed E-state index contributed by atoms with van der Waals surface area (Å²) < 4.78 is 41.8. The number of hydrogen-bond donors (Lipinski definition) is 2. The second-order valence-corrected chi connectivity index (χ2v) is 8.62. The Morgan fingerprint density at radius 2 is 1.67 bits per heavy atom. The normalized spacial score (nSPS) is 11.0. The first-order valence-corrected chi connectivity index (χ1v) is 10.6. The molecule has 0 saturated carbocycles. The summed E-state index contributed by atoms with van der Waals surface area (Å²) in [5.74, 6) is -1.75. The third kappa shape index (κ3) is 4.99. The van der Waals surface area contributed by atoms with Crippen LogP contribution in [-0.2, 0) is 10.0 Å². The first-order valence-electron chi connectivity index (χ1n) is 8.29. The first kappa shape index (κ1) is 21.4. The molecular weight excluding hydrogens is 481 g/mol. The summed E-state index contributed by atoms with van der Waals surface area (Å²) >= 11 is 3.26. The van der Waals surface area contributed by atoms with E-state index in [0.717, 1.165) is 28.7 Å². The summed E-state index contributed by atoms with van der Waals surface area (Å²) in [6.07, 6.45) is 0. The van der Waals surface area contributed by atoms with Crippen LogP contribution in [0, 0.1) is 15.9 Å². The predicted molar refractivity (Wildman–Crippen MR) is 112 cm³/mol. The summed E-state index contributed by atoms with van der Waals surface area (Å²) in [4.78, 5) is 22.2. The lowest BCUT2D eigenvalue weighted by Crippen LogP contribution is -2.16. The topological polar surface area (TPSA) is 118 Å². The van der Waals surface area contributed by atoms with Gasteiger partial charge in [-0.1, -0.05) is 22.0 Å². The zero-order valence-corrected chi connectivity index (χ0v) is 17.4. The molecule has 0 bridgehead atoms. The fourth-order valence-corrected chi connectivity index (χ4v) is 3.84. The maximum atomic E-state index is 13.4. The SMILES string of the molecule is O=C(Nc1ccc(F)c([N+](=O)[O-])c1)c1cccc(S(=O)(=O)Nc2ccc(Br)cc2)c1. The van der Waals surface area contributed by atoms with Gasteiger partial charge < -0.3 is 5.32 Å². The molecule has 0 atom stereocenters. The second kappa shape index (κ2) is 8.59. The summed E-state index contributed by atoms with van der Waals surface area (Å²) in [6.45, 7) is 0. The van der Waals surface area contributed by atoms with Crippen molar-refractivity contribution in [3.8, 4) is 0 Å². The number of carbonyl (C=O) groups is 1. The minimum absolute atomic E-state index is 0.000610. The lowest BCUT2D eigenvalue weighted by molar-refractivity contribution is -0.387. The molecule has 11 heteroatoms. The Kier molecular flexibility index (Phi) is 6.13. The highest BCUT2D eigenvalue weighted by atomic mass is 79.9. The quantitative estimate of drug-likeness (QED) is 0.385. The fourth-order valence-electron chi connectivity index (χ4n) is 2.47. The van der Waals surface area contributed by atoms with Gasteiger partial charge in [0.2, 0.25) is 5.82 Å². The van der Waals surface area contributed by atoms with Gasteiger partial charge in [-0.05, 0) is 54.6 Å². The number of hydrogen-bond acceptors (Lipinski definition) is 5. The number of benzene rings is 3. The molecule has 3 aromatic rings. The van der Waals surface area contributed by atoms with Gasteiger partial charge in [-0.3, -0.25) is 19.6 Å². The molecular formula is C19H13BrFN3O5S.